The van der Waals surface area contributed by atoms with Crippen LogP contribution in [0, 0.1) is 24.0 Å². The first-order valence-electron chi connectivity index (χ1n) is 9.00. The third kappa shape index (κ3) is 4.85. The van der Waals surface area contributed by atoms with E-state index in [0.29, 0.717) is 23.5 Å². The van der Waals surface area contributed by atoms with Crippen molar-refractivity contribution < 1.29 is 14.5 Å². The highest BCUT2D eigenvalue weighted by Gasteiger charge is 2.10. The number of fused-ring (bicyclic) bond motifs is 1. The average molecular weight is 411 g/mol. The molecule has 0 fully saturated rings. The summed E-state index contributed by atoms with van der Waals surface area (Å²) < 4.78 is 8.28. The van der Waals surface area contributed by atoms with E-state index in [1.165, 1.54) is 35.6 Å². The second-order valence-electron chi connectivity index (χ2n) is 6.59. The lowest BCUT2D eigenvalue weighted by Gasteiger charge is -2.05. The number of carbonyl (C=O) groups excluding carboxylic acids is 1. The van der Waals surface area contributed by atoms with Crippen molar-refractivity contribution in [2.75, 3.05) is 13.7 Å². The van der Waals surface area contributed by atoms with Gasteiger partial charge in [-0.1, -0.05) is 29.5 Å². The van der Waals surface area contributed by atoms with E-state index in [4.69, 9.17) is 4.74 Å². The van der Waals surface area contributed by atoms with Crippen molar-refractivity contribution in [3.63, 3.8) is 0 Å². The Hall–Kier alpha value is -3.10. The molecule has 0 saturated carbocycles. The van der Waals surface area contributed by atoms with Crippen molar-refractivity contribution in [1.82, 2.24) is 4.57 Å². The second-order valence-corrected chi connectivity index (χ2v) is 7.57. The molecule has 0 bridgehead atoms. The highest BCUT2D eigenvalue weighted by Crippen LogP contribution is 2.23. The van der Waals surface area contributed by atoms with Crippen molar-refractivity contribution in [2.45, 2.75) is 20.4 Å². The summed E-state index contributed by atoms with van der Waals surface area (Å²) >= 11 is 1.46. The molecule has 3 aromatic rings. The SMILES string of the molecule is COCCn1c(=NC(=O)C=Cc2cccc([N+](=O)[O-])c2)sc2c(C)cc(C)cc21. The zero-order valence-corrected chi connectivity index (χ0v) is 17.2. The van der Waals surface area contributed by atoms with Crippen molar-refractivity contribution >= 4 is 39.2 Å². The Kier molecular flexibility index (Phi) is 6.36. The van der Waals surface area contributed by atoms with Crippen LogP contribution in [0.1, 0.15) is 16.7 Å². The van der Waals surface area contributed by atoms with Crippen LogP contribution in [-0.4, -0.2) is 29.1 Å². The summed E-state index contributed by atoms with van der Waals surface area (Å²) in [6.07, 6.45) is 2.85. The number of carbonyl (C=O) groups is 1. The molecule has 7 nitrogen and oxygen atoms in total. The smallest absolute Gasteiger partial charge is 0.272 e. The maximum absolute atomic E-state index is 12.4. The summed E-state index contributed by atoms with van der Waals surface area (Å²) in [5, 5.41) is 10.9. The number of thiazole rings is 1. The van der Waals surface area contributed by atoms with E-state index in [2.05, 4.69) is 17.1 Å². The Labute approximate surface area is 171 Å². The number of non-ortho nitro benzene ring substituents is 1. The number of ether oxygens (including phenoxy) is 1. The molecule has 0 aliphatic heterocycles. The van der Waals surface area contributed by atoms with Crippen LogP contribution in [0.15, 0.2) is 47.5 Å². The summed E-state index contributed by atoms with van der Waals surface area (Å²) in [5.74, 6) is -0.427. The van der Waals surface area contributed by atoms with Crippen molar-refractivity contribution in [1.29, 1.82) is 0 Å². The third-order valence-corrected chi connectivity index (χ3v) is 5.57. The summed E-state index contributed by atoms with van der Waals surface area (Å²) in [6.45, 7) is 5.17. The number of aryl methyl sites for hydroxylation is 2. The molecule has 150 valence electrons. The van der Waals surface area contributed by atoms with Gasteiger partial charge in [0.1, 0.15) is 0 Å². The fourth-order valence-electron chi connectivity index (χ4n) is 3.04. The lowest BCUT2D eigenvalue weighted by atomic mass is 10.1. The number of amides is 1. The van der Waals surface area contributed by atoms with E-state index in [1.54, 1.807) is 19.2 Å². The van der Waals surface area contributed by atoms with Gasteiger partial charge in [-0.15, -0.1) is 0 Å². The molecule has 0 N–H and O–H groups in total. The number of benzene rings is 2. The van der Waals surface area contributed by atoms with Crippen LogP contribution in [0.5, 0.6) is 0 Å². The van der Waals surface area contributed by atoms with E-state index in [0.717, 1.165) is 21.3 Å². The summed E-state index contributed by atoms with van der Waals surface area (Å²) in [4.78, 5) is 27.7. The van der Waals surface area contributed by atoms with Gasteiger partial charge in [-0.05, 0) is 42.7 Å². The first kappa shape index (κ1) is 20.6. The van der Waals surface area contributed by atoms with Gasteiger partial charge in [0.05, 0.1) is 21.7 Å². The lowest BCUT2D eigenvalue weighted by Crippen LogP contribution is -2.19. The molecule has 8 heteroatoms. The number of nitro benzene ring substituents is 1. The number of nitro groups is 1. The van der Waals surface area contributed by atoms with Gasteiger partial charge >= 0.3 is 0 Å². The van der Waals surface area contributed by atoms with Gasteiger partial charge in [-0.2, -0.15) is 4.99 Å². The molecule has 0 saturated heterocycles. The Bertz CT molecular complexity index is 1170. The predicted molar refractivity (Wildman–Crippen MR) is 114 cm³/mol. The Morgan fingerprint density at radius 1 is 1.31 bits per heavy atom. The quantitative estimate of drug-likeness (QED) is 0.348. The zero-order chi connectivity index (χ0) is 21.0. The van der Waals surface area contributed by atoms with E-state index in [9.17, 15) is 14.9 Å². The molecule has 0 radical (unpaired) electrons. The molecule has 2 aromatic carbocycles. The molecule has 29 heavy (non-hydrogen) atoms. The number of rotatable bonds is 6. The number of aromatic nitrogens is 1. The monoisotopic (exact) mass is 411 g/mol. The number of nitrogens with zero attached hydrogens (tertiary/aromatic N) is 3. The van der Waals surface area contributed by atoms with Crippen molar-refractivity contribution in [3.05, 3.63) is 74.1 Å². The molecule has 0 spiro atoms. The van der Waals surface area contributed by atoms with Gasteiger partial charge in [0, 0.05) is 31.9 Å². The van der Waals surface area contributed by atoms with Crippen LogP contribution >= 0.6 is 11.3 Å². The molecule has 0 aliphatic carbocycles. The van der Waals surface area contributed by atoms with Crippen molar-refractivity contribution in [2.24, 2.45) is 4.99 Å². The number of hydrogen-bond donors (Lipinski definition) is 0. The van der Waals surface area contributed by atoms with Crippen LogP contribution in [0.25, 0.3) is 16.3 Å². The summed E-state index contributed by atoms with van der Waals surface area (Å²) in [5.41, 5.74) is 3.85. The molecule has 0 aliphatic rings. The first-order valence-corrected chi connectivity index (χ1v) is 9.81. The lowest BCUT2D eigenvalue weighted by molar-refractivity contribution is -0.384. The molecular formula is C21H21N3O4S. The van der Waals surface area contributed by atoms with Gasteiger partial charge in [-0.25, -0.2) is 0 Å². The van der Waals surface area contributed by atoms with E-state index in [-0.39, 0.29) is 5.69 Å². The molecule has 1 heterocycles. The molecule has 0 atom stereocenters. The maximum atomic E-state index is 12.4. The Morgan fingerprint density at radius 2 is 2.10 bits per heavy atom. The average Bonchev–Trinajstić information content (AvgIpc) is 3.02. The summed E-state index contributed by atoms with van der Waals surface area (Å²) in [7, 11) is 1.63. The van der Waals surface area contributed by atoms with Crippen LogP contribution in [0.2, 0.25) is 0 Å². The number of hydrogen-bond acceptors (Lipinski definition) is 5. The van der Waals surface area contributed by atoms with E-state index < -0.39 is 10.8 Å². The van der Waals surface area contributed by atoms with Crippen molar-refractivity contribution in [3.8, 4) is 0 Å². The van der Waals surface area contributed by atoms with Gasteiger partial charge < -0.3 is 9.30 Å². The summed E-state index contributed by atoms with van der Waals surface area (Å²) in [6, 6.07) is 10.3. The Morgan fingerprint density at radius 3 is 2.83 bits per heavy atom. The Balaban J connectivity index is 1.98. The highest BCUT2D eigenvalue weighted by molar-refractivity contribution is 7.16. The molecule has 3 rings (SSSR count). The molecule has 1 amide bonds. The van der Waals surface area contributed by atoms with Gasteiger partial charge in [-0.3, -0.25) is 14.9 Å². The van der Waals surface area contributed by atoms with Crippen LogP contribution in [0.4, 0.5) is 5.69 Å². The predicted octanol–water partition coefficient (Wildman–Crippen LogP) is 4.01. The fourth-order valence-corrected chi connectivity index (χ4v) is 4.15. The van der Waals surface area contributed by atoms with E-state index in [1.807, 2.05) is 18.4 Å². The topological polar surface area (TPSA) is 86.7 Å². The largest absolute Gasteiger partial charge is 0.383 e. The van der Waals surface area contributed by atoms with Gasteiger partial charge in [0.2, 0.25) is 0 Å². The molecule has 1 aromatic heterocycles. The van der Waals surface area contributed by atoms with Crippen LogP contribution in [-0.2, 0) is 16.1 Å². The minimum Gasteiger partial charge on any atom is -0.383 e. The van der Waals surface area contributed by atoms with Crippen LogP contribution in [0.3, 0.4) is 0 Å². The number of methoxy groups -OCH3 is 1. The second kappa shape index (κ2) is 8.93. The standard InChI is InChI=1S/C21H21N3O4S/c1-14-11-15(2)20-18(12-14)23(9-10-28-3)21(29-20)22-19(25)8-7-16-5-4-6-17(13-16)24(26)27/h4-8,11-13H,9-10H2,1-3H3. The normalized spacial score (nSPS) is 12.2. The maximum Gasteiger partial charge on any atom is 0.272 e. The zero-order valence-electron chi connectivity index (χ0n) is 16.4. The fraction of sp³-hybridized carbons (Fsp3) is 0.238. The molecular weight excluding hydrogens is 390 g/mol. The minimum absolute atomic E-state index is 0.0238. The van der Waals surface area contributed by atoms with Gasteiger partial charge in [0.15, 0.2) is 4.80 Å². The first-order chi connectivity index (χ1) is 13.9. The van der Waals surface area contributed by atoms with E-state index >= 15 is 0 Å². The molecule has 0 unspecified atom stereocenters. The third-order valence-electron chi connectivity index (χ3n) is 4.34. The van der Waals surface area contributed by atoms with Crippen LogP contribution < -0.4 is 4.80 Å². The minimum atomic E-state index is -0.468. The highest BCUT2D eigenvalue weighted by atomic mass is 32.1. The van der Waals surface area contributed by atoms with Gasteiger partial charge in [0.25, 0.3) is 11.6 Å².